The highest BCUT2D eigenvalue weighted by molar-refractivity contribution is 5.97. The van der Waals surface area contributed by atoms with E-state index in [4.69, 9.17) is 9.26 Å². The van der Waals surface area contributed by atoms with Gasteiger partial charge < -0.3 is 19.9 Å². The van der Waals surface area contributed by atoms with Crippen molar-refractivity contribution in [2.24, 2.45) is 0 Å². The summed E-state index contributed by atoms with van der Waals surface area (Å²) in [6, 6.07) is 14.3. The summed E-state index contributed by atoms with van der Waals surface area (Å²) in [5.74, 6) is 1.03. The van der Waals surface area contributed by atoms with Gasteiger partial charge in [0.05, 0.1) is 17.9 Å². The van der Waals surface area contributed by atoms with E-state index in [2.05, 4.69) is 20.8 Å². The van der Waals surface area contributed by atoms with Crippen LogP contribution in [0.5, 0.6) is 5.75 Å². The number of hydrogen-bond donors (Lipinski definition) is 2. The molecule has 0 fully saturated rings. The van der Waals surface area contributed by atoms with Crippen LogP contribution in [-0.4, -0.2) is 35.1 Å². The Labute approximate surface area is 174 Å². The highest BCUT2D eigenvalue weighted by atomic mass is 16.5. The average Bonchev–Trinajstić information content (AvgIpc) is 3.18. The number of ether oxygens (including phenoxy) is 1. The van der Waals surface area contributed by atoms with Crippen LogP contribution in [0.15, 0.2) is 53.1 Å². The van der Waals surface area contributed by atoms with Crippen molar-refractivity contribution >= 4 is 17.5 Å². The third-order valence-electron chi connectivity index (χ3n) is 4.27. The Morgan fingerprint density at radius 3 is 2.63 bits per heavy atom. The second-order valence-corrected chi connectivity index (χ2v) is 6.52. The van der Waals surface area contributed by atoms with Crippen molar-refractivity contribution in [1.82, 2.24) is 15.5 Å². The van der Waals surface area contributed by atoms with Gasteiger partial charge in [0, 0.05) is 25.5 Å². The van der Waals surface area contributed by atoms with Crippen LogP contribution >= 0.6 is 0 Å². The minimum atomic E-state index is -0.225. The van der Waals surface area contributed by atoms with E-state index >= 15 is 0 Å². The molecule has 3 aromatic rings. The lowest BCUT2D eigenvalue weighted by molar-refractivity contribution is -0.116. The first kappa shape index (κ1) is 21.0. The van der Waals surface area contributed by atoms with Crippen molar-refractivity contribution in [2.75, 3.05) is 18.5 Å². The predicted octanol–water partition coefficient (Wildman–Crippen LogP) is 3.59. The van der Waals surface area contributed by atoms with Crippen molar-refractivity contribution in [1.29, 1.82) is 0 Å². The van der Waals surface area contributed by atoms with Gasteiger partial charge in [-0.1, -0.05) is 29.4 Å². The van der Waals surface area contributed by atoms with Crippen LogP contribution in [0.25, 0.3) is 11.4 Å². The summed E-state index contributed by atoms with van der Waals surface area (Å²) in [6.45, 7) is 4.43. The van der Waals surface area contributed by atoms with E-state index in [9.17, 15) is 9.59 Å². The number of carbonyl (C=O) groups excluding carboxylic acids is 2. The van der Waals surface area contributed by atoms with E-state index in [1.165, 1.54) is 0 Å². The van der Waals surface area contributed by atoms with Crippen molar-refractivity contribution in [3.63, 3.8) is 0 Å². The van der Waals surface area contributed by atoms with Gasteiger partial charge in [0.25, 0.3) is 5.91 Å². The second kappa shape index (κ2) is 10.2. The van der Waals surface area contributed by atoms with E-state index in [0.717, 1.165) is 0 Å². The SMILES string of the molecule is CCOc1ccccc1C(=O)NCCCC(=O)Nc1ccccc1-c1noc(C)n1. The maximum atomic E-state index is 12.4. The summed E-state index contributed by atoms with van der Waals surface area (Å²) >= 11 is 0. The molecule has 0 aliphatic carbocycles. The summed E-state index contributed by atoms with van der Waals surface area (Å²) < 4.78 is 10.5. The largest absolute Gasteiger partial charge is 0.493 e. The molecule has 2 amide bonds. The topological polar surface area (TPSA) is 106 Å². The maximum absolute atomic E-state index is 12.4. The normalized spacial score (nSPS) is 10.5. The van der Waals surface area contributed by atoms with Gasteiger partial charge in [-0.25, -0.2) is 0 Å². The molecule has 0 bridgehead atoms. The highest BCUT2D eigenvalue weighted by Crippen LogP contribution is 2.25. The molecule has 30 heavy (non-hydrogen) atoms. The number of anilines is 1. The van der Waals surface area contributed by atoms with E-state index in [1.807, 2.05) is 31.2 Å². The van der Waals surface area contributed by atoms with E-state index < -0.39 is 0 Å². The molecule has 8 heteroatoms. The smallest absolute Gasteiger partial charge is 0.255 e. The van der Waals surface area contributed by atoms with Gasteiger partial charge in [-0.05, 0) is 37.6 Å². The molecular formula is C22H24N4O4. The lowest BCUT2D eigenvalue weighted by Crippen LogP contribution is -2.26. The summed E-state index contributed by atoms with van der Waals surface area (Å²) in [6.07, 6.45) is 0.755. The van der Waals surface area contributed by atoms with Crippen LogP contribution in [0, 0.1) is 6.92 Å². The fraction of sp³-hybridized carbons (Fsp3) is 0.273. The van der Waals surface area contributed by atoms with Crippen molar-refractivity contribution in [3.05, 3.63) is 60.0 Å². The number of carbonyl (C=O) groups is 2. The van der Waals surface area contributed by atoms with Gasteiger partial charge in [-0.15, -0.1) is 0 Å². The molecule has 0 aliphatic rings. The maximum Gasteiger partial charge on any atom is 0.255 e. The first-order chi connectivity index (χ1) is 14.6. The number of aromatic nitrogens is 2. The van der Waals surface area contributed by atoms with Gasteiger partial charge in [-0.2, -0.15) is 4.98 Å². The Hall–Kier alpha value is -3.68. The third-order valence-corrected chi connectivity index (χ3v) is 4.27. The summed E-state index contributed by atoms with van der Waals surface area (Å²) in [4.78, 5) is 28.9. The molecular weight excluding hydrogens is 384 g/mol. The molecule has 0 spiro atoms. The standard InChI is InChI=1S/C22H24N4O4/c1-3-29-19-12-7-5-10-17(19)22(28)23-14-8-13-20(27)25-18-11-6-4-9-16(18)21-24-15(2)30-26-21/h4-7,9-12H,3,8,13-14H2,1-2H3,(H,23,28)(H,25,27). The summed E-state index contributed by atoms with van der Waals surface area (Å²) in [5.41, 5.74) is 1.77. The van der Waals surface area contributed by atoms with Gasteiger partial charge in [0.1, 0.15) is 5.75 Å². The second-order valence-electron chi connectivity index (χ2n) is 6.52. The van der Waals surface area contributed by atoms with Crippen LogP contribution in [0.1, 0.15) is 36.0 Å². The van der Waals surface area contributed by atoms with Crippen LogP contribution < -0.4 is 15.4 Å². The molecule has 0 atom stereocenters. The molecule has 0 saturated heterocycles. The molecule has 1 aromatic heterocycles. The molecule has 2 aromatic carbocycles. The van der Waals surface area contributed by atoms with Crippen LogP contribution in [0.3, 0.4) is 0 Å². The van der Waals surface area contributed by atoms with Crippen LogP contribution in [0.2, 0.25) is 0 Å². The number of amides is 2. The lowest BCUT2D eigenvalue weighted by atomic mass is 10.1. The Morgan fingerprint density at radius 2 is 1.87 bits per heavy atom. The fourth-order valence-corrected chi connectivity index (χ4v) is 2.89. The van der Waals surface area contributed by atoms with Gasteiger partial charge in [0.2, 0.25) is 17.6 Å². The molecule has 8 nitrogen and oxygen atoms in total. The molecule has 0 unspecified atom stereocenters. The van der Waals surface area contributed by atoms with Crippen LogP contribution in [0.4, 0.5) is 5.69 Å². The predicted molar refractivity (Wildman–Crippen MR) is 112 cm³/mol. The lowest BCUT2D eigenvalue weighted by Gasteiger charge is -2.11. The van der Waals surface area contributed by atoms with E-state index in [0.29, 0.717) is 53.9 Å². The molecule has 0 aliphatic heterocycles. The molecule has 156 valence electrons. The monoisotopic (exact) mass is 408 g/mol. The number of aryl methyl sites for hydroxylation is 1. The van der Waals surface area contributed by atoms with Gasteiger partial charge >= 0.3 is 0 Å². The summed E-state index contributed by atoms with van der Waals surface area (Å²) in [5, 5.41) is 9.60. The van der Waals surface area contributed by atoms with Crippen molar-refractivity contribution in [2.45, 2.75) is 26.7 Å². The Kier molecular flexibility index (Phi) is 7.15. The number of benzene rings is 2. The Morgan fingerprint density at radius 1 is 1.10 bits per heavy atom. The fourth-order valence-electron chi connectivity index (χ4n) is 2.89. The Bertz CT molecular complexity index is 1020. The van der Waals surface area contributed by atoms with Crippen molar-refractivity contribution in [3.8, 4) is 17.1 Å². The molecule has 3 rings (SSSR count). The number of hydrogen-bond acceptors (Lipinski definition) is 6. The highest BCUT2D eigenvalue weighted by Gasteiger charge is 2.14. The zero-order chi connectivity index (χ0) is 21.3. The zero-order valence-corrected chi connectivity index (χ0v) is 17.0. The number of rotatable bonds is 9. The first-order valence-corrected chi connectivity index (χ1v) is 9.78. The minimum Gasteiger partial charge on any atom is -0.493 e. The number of nitrogens with one attached hydrogen (secondary N) is 2. The van der Waals surface area contributed by atoms with E-state index in [-0.39, 0.29) is 18.2 Å². The molecule has 0 saturated carbocycles. The number of para-hydroxylation sites is 2. The first-order valence-electron chi connectivity index (χ1n) is 9.78. The quantitative estimate of drug-likeness (QED) is 0.524. The number of nitrogens with zero attached hydrogens (tertiary/aromatic N) is 2. The minimum absolute atomic E-state index is 0.161. The molecule has 0 radical (unpaired) electrons. The van der Waals surface area contributed by atoms with Crippen LogP contribution in [-0.2, 0) is 4.79 Å². The third kappa shape index (κ3) is 5.44. The molecule has 2 N–H and O–H groups in total. The van der Waals surface area contributed by atoms with Gasteiger partial charge in [0.15, 0.2) is 0 Å². The zero-order valence-electron chi connectivity index (χ0n) is 17.0. The summed E-state index contributed by atoms with van der Waals surface area (Å²) in [7, 11) is 0. The van der Waals surface area contributed by atoms with Gasteiger partial charge in [-0.3, -0.25) is 9.59 Å². The van der Waals surface area contributed by atoms with E-state index in [1.54, 1.807) is 31.2 Å². The Balaban J connectivity index is 1.50. The molecule has 1 heterocycles. The average molecular weight is 408 g/mol. The van der Waals surface area contributed by atoms with Crippen molar-refractivity contribution < 1.29 is 18.8 Å².